The standard InChI is InChI=1S/C17H17BrN2/c1-11-4-5-14(8-12(11)2)13(3)20-17-7-6-16(18)9-15(17)10-19/h4-9,13,20H,1-3H3. The Balaban J connectivity index is 2.25. The minimum atomic E-state index is 0.155. The van der Waals surface area contributed by atoms with E-state index in [1.165, 1.54) is 16.7 Å². The van der Waals surface area contributed by atoms with Gasteiger partial charge in [0.15, 0.2) is 0 Å². The van der Waals surface area contributed by atoms with Crippen LogP contribution in [-0.4, -0.2) is 0 Å². The van der Waals surface area contributed by atoms with Crippen LogP contribution in [0.15, 0.2) is 40.9 Å². The summed E-state index contributed by atoms with van der Waals surface area (Å²) in [5.74, 6) is 0. The zero-order valence-electron chi connectivity index (χ0n) is 11.9. The first-order chi connectivity index (χ1) is 9.51. The smallest absolute Gasteiger partial charge is 0.101 e. The molecule has 0 heterocycles. The first-order valence-corrected chi connectivity index (χ1v) is 7.34. The van der Waals surface area contributed by atoms with Crippen molar-refractivity contribution in [2.24, 2.45) is 0 Å². The number of nitriles is 1. The molecule has 2 aromatic carbocycles. The second-order valence-electron chi connectivity index (χ2n) is 5.01. The fourth-order valence-electron chi connectivity index (χ4n) is 2.09. The third-order valence-corrected chi connectivity index (χ3v) is 4.00. The van der Waals surface area contributed by atoms with Gasteiger partial charge in [-0.1, -0.05) is 34.1 Å². The summed E-state index contributed by atoms with van der Waals surface area (Å²) in [5.41, 5.74) is 5.31. The number of aryl methyl sites for hydroxylation is 2. The van der Waals surface area contributed by atoms with Crippen molar-refractivity contribution in [3.8, 4) is 6.07 Å². The third kappa shape index (κ3) is 3.20. The molecule has 1 unspecified atom stereocenters. The van der Waals surface area contributed by atoms with E-state index in [4.69, 9.17) is 0 Å². The minimum Gasteiger partial charge on any atom is -0.377 e. The summed E-state index contributed by atoms with van der Waals surface area (Å²) in [6.45, 7) is 6.33. The molecule has 0 saturated heterocycles. The van der Waals surface area contributed by atoms with E-state index in [1.807, 2.05) is 18.2 Å². The SMILES string of the molecule is Cc1ccc(C(C)Nc2ccc(Br)cc2C#N)cc1C. The molecule has 0 fully saturated rings. The zero-order valence-corrected chi connectivity index (χ0v) is 13.5. The van der Waals surface area contributed by atoms with E-state index in [-0.39, 0.29) is 6.04 Å². The Morgan fingerprint density at radius 2 is 1.85 bits per heavy atom. The quantitative estimate of drug-likeness (QED) is 0.849. The average molecular weight is 329 g/mol. The molecule has 2 aromatic rings. The summed E-state index contributed by atoms with van der Waals surface area (Å²) in [5, 5.41) is 12.6. The highest BCUT2D eigenvalue weighted by molar-refractivity contribution is 9.10. The fraction of sp³-hybridized carbons (Fsp3) is 0.235. The van der Waals surface area contributed by atoms with E-state index in [2.05, 4.69) is 66.3 Å². The van der Waals surface area contributed by atoms with Crippen LogP contribution >= 0.6 is 15.9 Å². The lowest BCUT2D eigenvalue weighted by Gasteiger charge is -2.18. The van der Waals surface area contributed by atoms with E-state index in [9.17, 15) is 5.26 Å². The van der Waals surface area contributed by atoms with Gasteiger partial charge in [0.05, 0.1) is 11.3 Å². The Bertz CT molecular complexity index is 671. The molecule has 0 aliphatic carbocycles. The lowest BCUT2D eigenvalue weighted by atomic mass is 10.0. The van der Waals surface area contributed by atoms with Crippen LogP contribution in [0.1, 0.15) is 35.2 Å². The minimum absolute atomic E-state index is 0.155. The van der Waals surface area contributed by atoms with Crippen LogP contribution in [0.2, 0.25) is 0 Å². The first-order valence-electron chi connectivity index (χ1n) is 6.54. The molecular formula is C17H17BrN2. The Hall–Kier alpha value is -1.79. The largest absolute Gasteiger partial charge is 0.377 e. The molecule has 0 bridgehead atoms. The Kier molecular flexibility index (Phi) is 4.46. The molecule has 0 amide bonds. The normalized spacial score (nSPS) is 11.8. The topological polar surface area (TPSA) is 35.8 Å². The highest BCUT2D eigenvalue weighted by Crippen LogP contribution is 2.25. The van der Waals surface area contributed by atoms with Crippen molar-refractivity contribution in [2.75, 3.05) is 5.32 Å². The molecule has 0 spiro atoms. The maximum atomic E-state index is 9.20. The molecule has 2 nitrogen and oxygen atoms in total. The summed E-state index contributed by atoms with van der Waals surface area (Å²) in [6.07, 6.45) is 0. The van der Waals surface area contributed by atoms with E-state index in [0.29, 0.717) is 5.56 Å². The Morgan fingerprint density at radius 3 is 2.50 bits per heavy atom. The van der Waals surface area contributed by atoms with Gasteiger partial charge in [0, 0.05) is 10.5 Å². The van der Waals surface area contributed by atoms with Crippen LogP contribution in [0.5, 0.6) is 0 Å². The van der Waals surface area contributed by atoms with Crippen molar-refractivity contribution in [1.82, 2.24) is 0 Å². The number of anilines is 1. The molecule has 1 N–H and O–H groups in total. The second kappa shape index (κ2) is 6.11. The molecule has 0 aliphatic heterocycles. The third-order valence-electron chi connectivity index (χ3n) is 3.51. The van der Waals surface area contributed by atoms with Gasteiger partial charge < -0.3 is 5.32 Å². The molecule has 0 radical (unpaired) electrons. The van der Waals surface area contributed by atoms with E-state index in [1.54, 1.807) is 0 Å². The monoisotopic (exact) mass is 328 g/mol. The van der Waals surface area contributed by atoms with Crippen molar-refractivity contribution in [3.05, 3.63) is 63.1 Å². The van der Waals surface area contributed by atoms with Crippen LogP contribution in [0.4, 0.5) is 5.69 Å². The maximum absolute atomic E-state index is 9.20. The summed E-state index contributed by atoms with van der Waals surface area (Å²) in [6, 6.07) is 14.5. The van der Waals surface area contributed by atoms with Crippen LogP contribution in [0, 0.1) is 25.2 Å². The van der Waals surface area contributed by atoms with Gasteiger partial charge in [0.25, 0.3) is 0 Å². The predicted octanol–water partition coefficient (Wildman–Crippen LogP) is 5.11. The number of halogens is 1. The van der Waals surface area contributed by atoms with Gasteiger partial charge in [0.2, 0.25) is 0 Å². The number of nitrogens with zero attached hydrogens (tertiary/aromatic N) is 1. The molecule has 102 valence electrons. The zero-order chi connectivity index (χ0) is 14.7. The van der Waals surface area contributed by atoms with Crippen LogP contribution in [0.3, 0.4) is 0 Å². The highest BCUT2D eigenvalue weighted by atomic mass is 79.9. The Labute approximate surface area is 128 Å². The molecule has 20 heavy (non-hydrogen) atoms. The van der Waals surface area contributed by atoms with Crippen molar-refractivity contribution < 1.29 is 0 Å². The molecular weight excluding hydrogens is 312 g/mol. The average Bonchev–Trinajstić information content (AvgIpc) is 2.43. The van der Waals surface area contributed by atoms with Gasteiger partial charge in [-0.25, -0.2) is 0 Å². The first kappa shape index (κ1) is 14.6. The lowest BCUT2D eigenvalue weighted by Crippen LogP contribution is -2.08. The lowest BCUT2D eigenvalue weighted by molar-refractivity contribution is 0.881. The number of nitrogens with one attached hydrogen (secondary N) is 1. The van der Waals surface area contributed by atoms with Gasteiger partial charge in [0.1, 0.15) is 6.07 Å². The summed E-state index contributed by atoms with van der Waals surface area (Å²) < 4.78 is 0.915. The summed E-state index contributed by atoms with van der Waals surface area (Å²) in [4.78, 5) is 0. The predicted molar refractivity (Wildman–Crippen MR) is 86.8 cm³/mol. The molecule has 2 rings (SSSR count). The van der Waals surface area contributed by atoms with Crippen molar-refractivity contribution >= 4 is 21.6 Å². The van der Waals surface area contributed by atoms with Crippen LogP contribution in [-0.2, 0) is 0 Å². The van der Waals surface area contributed by atoms with Crippen molar-refractivity contribution in [3.63, 3.8) is 0 Å². The van der Waals surface area contributed by atoms with Crippen LogP contribution in [0.25, 0.3) is 0 Å². The van der Waals surface area contributed by atoms with E-state index in [0.717, 1.165) is 10.2 Å². The number of hydrogen-bond acceptors (Lipinski definition) is 2. The van der Waals surface area contributed by atoms with Crippen molar-refractivity contribution in [1.29, 1.82) is 5.26 Å². The van der Waals surface area contributed by atoms with Gasteiger partial charge in [-0.3, -0.25) is 0 Å². The molecule has 0 saturated carbocycles. The molecule has 1 atom stereocenters. The Morgan fingerprint density at radius 1 is 1.10 bits per heavy atom. The molecule has 0 aliphatic rings. The van der Waals surface area contributed by atoms with Gasteiger partial charge in [-0.15, -0.1) is 0 Å². The maximum Gasteiger partial charge on any atom is 0.101 e. The number of rotatable bonds is 3. The van der Waals surface area contributed by atoms with Crippen molar-refractivity contribution in [2.45, 2.75) is 26.8 Å². The highest BCUT2D eigenvalue weighted by Gasteiger charge is 2.09. The molecule has 3 heteroatoms. The van der Waals surface area contributed by atoms with Gasteiger partial charge >= 0.3 is 0 Å². The van der Waals surface area contributed by atoms with Gasteiger partial charge in [-0.05, 0) is 55.7 Å². The second-order valence-corrected chi connectivity index (χ2v) is 5.93. The van der Waals surface area contributed by atoms with Crippen LogP contribution < -0.4 is 5.32 Å². The van der Waals surface area contributed by atoms with E-state index >= 15 is 0 Å². The summed E-state index contributed by atoms with van der Waals surface area (Å²) >= 11 is 3.39. The number of hydrogen-bond donors (Lipinski definition) is 1. The molecule has 0 aromatic heterocycles. The summed E-state index contributed by atoms with van der Waals surface area (Å²) in [7, 11) is 0. The van der Waals surface area contributed by atoms with Gasteiger partial charge in [-0.2, -0.15) is 5.26 Å². The fourth-order valence-corrected chi connectivity index (χ4v) is 2.45. The number of benzene rings is 2. The van der Waals surface area contributed by atoms with E-state index < -0.39 is 0 Å².